The number of hydrogen-bond acceptors (Lipinski definition) is 2. The van der Waals surface area contributed by atoms with Crippen molar-refractivity contribution >= 4 is 27.5 Å². The molecule has 0 bridgehead atoms. The summed E-state index contributed by atoms with van der Waals surface area (Å²) in [5, 5.41) is 0. The van der Waals surface area contributed by atoms with E-state index in [1.165, 1.54) is 12.1 Å². The molecule has 0 saturated carbocycles. The minimum atomic E-state index is -0.865. The fourth-order valence-corrected chi connectivity index (χ4v) is 2.49. The topological polar surface area (TPSA) is 46.3 Å². The first-order valence-corrected chi connectivity index (χ1v) is 6.93. The quantitative estimate of drug-likeness (QED) is 0.913. The largest absolute Gasteiger partial charge is 0.369 e. The maximum atomic E-state index is 13.9. The number of carbonyl (C=O) groups is 1. The van der Waals surface area contributed by atoms with Crippen molar-refractivity contribution in [2.24, 2.45) is 5.73 Å². The van der Waals surface area contributed by atoms with Crippen LogP contribution in [-0.4, -0.2) is 13.0 Å². The van der Waals surface area contributed by atoms with Gasteiger partial charge < -0.3 is 10.6 Å². The van der Waals surface area contributed by atoms with E-state index in [9.17, 15) is 13.6 Å². The van der Waals surface area contributed by atoms with Crippen LogP contribution in [0.4, 0.5) is 14.5 Å². The zero-order valence-corrected chi connectivity index (χ0v) is 12.8. The molecule has 110 valence electrons. The molecule has 2 N–H and O–H groups in total. The minimum Gasteiger partial charge on any atom is -0.369 e. The molecule has 0 aromatic heterocycles. The number of nitrogens with zero attached hydrogens (tertiary/aromatic N) is 1. The average Bonchev–Trinajstić information content (AvgIpc) is 2.39. The number of nitrogens with two attached hydrogens (primary N) is 1. The molecule has 3 nitrogen and oxygen atoms in total. The van der Waals surface area contributed by atoms with Crippen molar-refractivity contribution in [3.05, 3.63) is 63.6 Å². The maximum absolute atomic E-state index is 13.9. The number of hydrogen-bond donors (Lipinski definition) is 1. The molecule has 2 rings (SSSR count). The third-order valence-electron chi connectivity index (χ3n) is 3.06. The van der Waals surface area contributed by atoms with Crippen LogP contribution in [0.5, 0.6) is 0 Å². The highest BCUT2D eigenvalue weighted by molar-refractivity contribution is 9.10. The van der Waals surface area contributed by atoms with Crippen LogP contribution in [0.1, 0.15) is 15.9 Å². The molecule has 0 saturated heterocycles. The van der Waals surface area contributed by atoms with E-state index in [1.54, 1.807) is 36.2 Å². The van der Waals surface area contributed by atoms with E-state index in [0.29, 0.717) is 15.7 Å². The molecule has 0 atom stereocenters. The van der Waals surface area contributed by atoms with Crippen molar-refractivity contribution in [3.8, 4) is 0 Å². The molecular weight excluding hydrogens is 342 g/mol. The molecule has 0 heterocycles. The van der Waals surface area contributed by atoms with E-state index in [2.05, 4.69) is 15.9 Å². The summed E-state index contributed by atoms with van der Waals surface area (Å²) in [5.74, 6) is -1.94. The number of amides is 1. The van der Waals surface area contributed by atoms with Gasteiger partial charge in [0.1, 0.15) is 11.6 Å². The molecule has 6 heteroatoms. The third kappa shape index (κ3) is 3.39. The lowest BCUT2D eigenvalue weighted by atomic mass is 10.1. The second kappa shape index (κ2) is 6.22. The van der Waals surface area contributed by atoms with E-state index in [4.69, 9.17) is 5.73 Å². The van der Waals surface area contributed by atoms with Gasteiger partial charge in [0, 0.05) is 23.6 Å². The Hall–Kier alpha value is -1.95. The molecule has 0 spiro atoms. The van der Waals surface area contributed by atoms with Gasteiger partial charge in [-0.3, -0.25) is 4.79 Å². The van der Waals surface area contributed by atoms with E-state index >= 15 is 0 Å². The summed E-state index contributed by atoms with van der Waals surface area (Å²) < 4.78 is 28.1. The Morgan fingerprint density at radius 2 is 1.90 bits per heavy atom. The highest BCUT2D eigenvalue weighted by Gasteiger charge is 2.19. The van der Waals surface area contributed by atoms with Gasteiger partial charge in [-0.25, -0.2) is 8.78 Å². The van der Waals surface area contributed by atoms with Gasteiger partial charge >= 0.3 is 0 Å². The van der Waals surface area contributed by atoms with Crippen molar-refractivity contribution in [3.63, 3.8) is 0 Å². The lowest BCUT2D eigenvalue weighted by Gasteiger charge is -2.22. The van der Waals surface area contributed by atoms with Crippen LogP contribution in [0.2, 0.25) is 0 Å². The van der Waals surface area contributed by atoms with Crippen LogP contribution in [0, 0.1) is 11.6 Å². The fourth-order valence-electron chi connectivity index (χ4n) is 2.07. The number of primary amides is 1. The predicted octanol–water partition coefficient (Wildman–Crippen LogP) is 3.46. The van der Waals surface area contributed by atoms with Crippen LogP contribution in [0.15, 0.2) is 40.9 Å². The average molecular weight is 355 g/mol. The zero-order chi connectivity index (χ0) is 15.6. The smallest absolute Gasteiger partial charge is 0.253 e. The fraction of sp³-hybridized carbons (Fsp3) is 0.133. The second-order valence-electron chi connectivity index (χ2n) is 4.59. The summed E-state index contributed by atoms with van der Waals surface area (Å²) >= 11 is 3.17. The Kier molecular flexibility index (Phi) is 4.57. The van der Waals surface area contributed by atoms with Gasteiger partial charge in [0.05, 0.1) is 11.3 Å². The van der Waals surface area contributed by atoms with Gasteiger partial charge in [-0.05, 0) is 18.2 Å². The molecule has 0 unspecified atom stereocenters. The molecule has 0 fully saturated rings. The van der Waals surface area contributed by atoms with E-state index in [0.717, 1.165) is 0 Å². The Morgan fingerprint density at radius 3 is 2.52 bits per heavy atom. The van der Waals surface area contributed by atoms with Gasteiger partial charge in [-0.2, -0.15) is 0 Å². The standard InChI is InChI=1S/C15H13BrF2N2O/c1-20(8-9-4-2-3-5-11(9)17)13-7-10(16)6-12(18)14(13)15(19)21/h2-7H,8H2,1H3,(H2,19,21). The van der Waals surface area contributed by atoms with Gasteiger partial charge in [0.25, 0.3) is 5.91 Å². The summed E-state index contributed by atoms with van der Waals surface area (Å²) in [7, 11) is 1.64. The highest BCUT2D eigenvalue weighted by atomic mass is 79.9. The van der Waals surface area contributed by atoms with Crippen LogP contribution in [0.25, 0.3) is 0 Å². The Morgan fingerprint density at radius 1 is 1.24 bits per heavy atom. The summed E-state index contributed by atoms with van der Waals surface area (Å²) in [4.78, 5) is 13.0. The predicted molar refractivity (Wildman–Crippen MR) is 81.1 cm³/mol. The lowest BCUT2D eigenvalue weighted by Crippen LogP contribution is -2.23. The van der Waals surface area contributed by atoms with Gasteiger partial charge in [-0.1, -0.05) is 34.1 Å². The van der Waals surface area contributed by atoms with Crippen LogP contribution < -0.4 is 10.6 Å². The number of rotatable bonds is 4. The van der Waals surface area contributed by atoms with Crippen LogP contribution in [0.3, 0.4) is 0 Å². The number of anilines is 1. The molecule has 1 amide bonds. The summed E-state index contributed by atoms with van der Waals surface area (Å²) in [6, 6.07) is 9.02. The molecule has 2 aromatic rings. The highest BCUT2D eigenvalue weighted by Crippen LogP contribution is 2.28. The molecule has 0 aliphatic heterocycles. The molecule has 21 heavy (non-hydrogen) atoms. The van der Waals surface area contributed by atoms with Crippen LogP contribution >= 0.6 is 15.9 Å². The minimum absolute atomic E-state index is 0.183. The van der Waals surface area contributed by atoms with E-state index in [-0.39, 0.29) is 17.9 Å². The normalized spacial score (nSPS) is 10.5. The van der Waals surface area contributed by atoms with Crippen molar-refractivity contribution in [1.29, 1.82) is 0 Å². The number of halogens is 3. The van der Waals surface area contributed by atoms with E-state index in [1.807, 2.05) is 0 Å². The number of carbonyl (C=O) groups excluding carboxylic acids is 1. The SMILES string of the molecule is CN(Cc1ccccc1F)c1cc(Br)cc(F)c1C(N)=O. The lowest BCUT2D eigenvalue weighted by molar-refractivity contribution is 0.0997. The molecule has 0 aliphatic carbocycles. The Balaban J connectivity index is 2.41. The Bertz CT molecular complexity index is 691. The maximum Gasteiger partial charge on any atom is 0.253 e. The molecular formula is C15H13BrF2N2O. The zero-order valence-electron chi connectivity index (χ0n) is 11.2. The summed E-state index contributed by atoms with van der Waals surface area (Å²) in [6.07, 6.45) is 0. The monoisotopic (exact) mass is 354 g/mol. The first-order chi connectivity index (χ1) is 9.90. The van der Waals surface area contributed by atoms with Crippen molar-refractivity contribution in [1.82, 2.24) is 0 Å². The van der Waals surface area contributed by atoms with Crippen LogP contribution in [-0.2, 0) is 6.54 Å². The molecule has 0 aliphatic rings. The molecule has 2 aromatic carbocycles. The third-order valence-corrected chi connectivity index (χ3v) is 3.52. The second-order valence-corrected chi connectivity index (χ2v) is 5.51. The number of benzene rings is 2. The first-order valence-electron chi connectivity index (χ1n) is 6.13. The van der Waals surface area contributed by atoms with Gasteiger partial charge in [-0.15, -0.1) is 0 Å². The van der Waals surface area contributed by atoms with Crippen molar-refractivity contribution in [2.75, 3.05) is 11.9 Å². The first kappa shape index (κ1) is 15.4. The van der Waals surface area contributed by atoms with E-state index < -0.39 is 11.7 Å². The van der Waals surface area contributed by atoms with Crippen molar-refractivity contribution in [2.45, 2.75) is 6.54 Å². The Labute approximate surface area is 129 Å². The molecule has 0 radical (unpaired) electrons. The summed E-state index contributed by atoms with van der Waals surface area (Å²) in [5.41, 5.74) is 5.76. The van der Waals surface area contributed by atoms with Gasteiger partial charge in [0.15, 0.2) is 0 Å². The van der Waals surface area contributed by atoms with Crippen molar-refractivity contribution < 1.29 is 13.6 Å². The van der Waals surface area contributed by atoms with Gasteiger partial charge in [0.2, 0.25) is 0 Å². The summed E-state index contributed by atoms with van der Waals surface area (Å²) in [6.45, 7) is 0.183.